The van der Waals surface area contributed by atoms with Gasteiger partial charge in [-0.3, -0.25) is 0 Å². The summed E-state index contributed by atoms with van der Waals surface area (Å²) in [5, 5.41) is 18.0. The van der Waals surface area contributed by atoms with E-state index in [1.807, 2.05) is 0 Å². The molecule has 0 atom stereocenters. The molecule has 0 aliphatic rings. The Balaban J connectivity index is 3.51. The third-order valence-electron chi connectivity index (χ3n) is 2.16. The molecule has 0 heterocycles. The van der Waals surface area contributed by atoms with Crippen LogP contribution in [0.4, 0.5) is 0 Å². The van der Waals surface area contributed by atoms with Crippen molar-refractivity contribution < 1.29 is 24.6 Å². The van der Waals surface area contributed by atoms with E-state index in [0.29, 0.717) is 6.21 Å². The minimum Gasteiger partial charge on any atom is -0.480 e. The summed E-state index contributed by atoms with van der Waals surface area (Å²) in [5.41, 5.74) is 6.05. The molecule has 0 radical (unpaired) electrons. The Hall–Kier alpha value is -2.46. The SMILES string of the molecule is [N-]=[N+]=CC(C(=O)O)(C(=O)O)c1ccccc1. The maximum absolute atomic E-state index is 11.1. The first-order valence-electron chi connectivity index (χ1n) is 4.26. The van der Waals surface area contributed by atoms with Gasteiger partial charge in [-0.2, -0.15) is 4.79 Å². The molecule has 0 unspecified atom stereocenters. The molecule has 0 fully saturated rings. The topological polar surface area (TPSA) is 111 Å². The smallest absolute Gasteiger partial charge is 0.337 e. The average Bonchev–Trinajstić information content (AvgIpc) is 2.26. The van der Waals surface area contributed by atoms with Crippen LogP contribution in [0.5, 0.6) is 0 Å². The van der Waals surface area contributed by atoms with Crippen LogP contribution < -0.4 is 0 Å². The highest BCUT2D eigenvalue weighted by atomic mass is 16.4. The lowest BCUT2D eigenvalue weighted by molar-refractivity contribution is -0.154. The molecule has 0 saturated carbocycles. The van der Waals surface area contributed by atoms with Crippen molar-refractivity contribution in [2.75, 3.05) is 0 Å². The number of hydrogen-bond donors (Lipinski definition) is 2. The van der Waals surface area contributed by atoms with Crippen molar-refractivity contribution in [2.45, 2.75) is 5.41 Å². The second-order valence-corrected chi connectivity index (χ2v) is 3.03. The van der Waals surface area contributed by atoms with Crippen molar-refractivity contribution in [2.24, 2.45) is 0 Å². The number of carboxylic acid groups (broad SMARTS) is 2. The molecule has 6 nitrogen and oxygen atoms in total. The lowest BCUT2D eigenvalue weighted by Crippen LogP contribution is -2.45. The molecule has 6 heteroatoms. The quantitative estimate of drug-likeness (QED) is 0.331. The summed E-state index contributed by atoms with van der Waals surface area (Å²) < 4.78 is 0. The van der Waals surface area contributed by atoms with Gasteiger partial charge in [0.15, 0.2) is 0 Å². The molecule has 16 heavy (non-hydrogen) atoms. The first-order chi connectivity index (χ1) is 7.55. The zero-order valence-corrected chi connectivity index (χ0v) is 8.07. The first kappa shape index (κ1) is 11.6. The van der Waals surface area contributed by atoms with Gasteiger partial charge in [-0.05, 0) is 5.56 Å². The highest BCUT2D eigenvalue weighted by molar-refractivity contribution is 6.18. The lowest BCUT2D eigenvalue weighted by atomic mass is 9.82. The van der Waals surface area contributed by atoms with Crippen molar-refractivity contribution >= 4 is 18.2 Å². The van der Waals surface area contributed by atoms with E-state index in [2.05, 4.69) is 4.79 Å². The number of benzene rings is 1. The molecule has 1 rings (SSSR count). The summed E-state index contributed by atoms with van der Waals surface area (Å²) in [7, 11) is 0. The third kappa shape index (κ3) is 1.69. The van der Waals surface area contributed by atoms with Gasteiger partial charge in [0, 0.05) is 0 Å². The Morgan fingerprint density at radius 3 is 2.06 bits per heavy atom. The predicted octanol–water partition coefficient (Wildman–Crippen LogP) is 0.394. The van der Waals surface area contributed by atoms with Gasteiger partial charge in [0.25, 0.3) is 11.6 Å². The summed E-state index contributed by atoms with van der Waals surface area (Å²) in [6, 6.07) is 7.30. The highest BCUT2D eigenvalue weighted by Crippen LogP contribution is 2.22. The zero-order valence-electron chi connectivity index (χ0n) is 8.07. The zero-order chi connectivity index (χ0) is 12.2. The largest absolute Gasteiger partial charge is 0.480 e. The van der Waals surface area contributed by atoms with Gasteiger partial charge in [0.1, 0.15) is 0 Å². The fourth-order valence-corrected chi connectivity index (χ4v) is 1.31. The van der Waals surface area contributed by atoms with Crippen molar-refractivity contribution in [1.29, 1.82) is 0 Å². The second-order valence-electron chi connectivity index (χ2n) is 3.03. The summed E-state index contributed by atoms with van der Waals surface area (Å²) in [6.07, 6.45) is 0.479. The summed E-state index contributed by atoms with van der Waals surface area (Å²) in [5.74, 6) is -3.24. The number of rotatable bonds is 4. The van der Waals surface area contributed by atoms with Gasteiger partial charge in [-0.25, -0.2) is 9.59 Å². The Kier molecular flexibility index (Phi) is 3.17. The summed E-state index contributed by atoms with van der Waals surface area (Å²) in [4.78, 5) is 24.7. The van der Waals surface area contributed by atoms with E-state index >= 15 is 0 Å². The minimum absolute atomic E-state index is 0.00722. The fourth-order valence-electron chi connectivity index (χ4n) is 1.31. The van der Waals surface area contributed by atoms with Gasteiger partial charge < -0.3 is 15.7 Å². The molecular weight excluding hydrogens is 212 g/mol. The molecular formula is C10H8N2O4. The van der Waals surface area contributed by atoms with Gasteiger partial charge in [-0.1, -0.05) is 30.3 Å². The van der Waals surface area contributed by atoms with Crippen LogP contribution >= 0.6 is 0 Å². The Labute approximate surface area is 90.4 Å². The Bertz CT molecular complexity index is 443. The van der Waals surface area contributed by atoms with E-state index in [1.165, 1.54) is 24.3 Å². The van der Waals surface area contributed by atoms with Crippen molar-refractivity contribution in [3.8, 4) is 0 Å². The number of aliphatic carboxylic acids is 2. The van der Waals surface area contributed by atoms with Gasteiger partial charge in [0.05, 0.1) is 0 Å². The molecule has 0 spiro atoms. The second kappa shape index (κ2) is 4.37. The molecule has 0 amide bonds. The van der Waals surface area contributed by atoms with Crippen LogP contribution in [0.2, 0.25) is 0 Å². The van der Waals surface area contributed by atoms with E-state index < -0.39 is 17.4 Å². The maximum Gasteiger partial charge on any atom is 0.337 e. The van der Waals surface area contributed by atoms with Crippen LogP contribution in [-0.2, 0) is 15.0 Å². The third-order valence-corrected chi connectivity index (χ3v) is 2.16. The molecule has 0 saturated heterocycles. The maximum atomic E-state index is 11.1. The van der Waals surface area contributed by atoms with Gasteiger partial charge in [0.2, 0.25) is 0 Å². The van der Waals surface area contributed by atoms with Crippen LogP contribution in [-0.4, -0.2) is 33.2 Å². The monoisotopic (exact) mass is 220 g/mol. The first-order valence-corrected chi connectivity index (χ1v) is 4.26. The van der Waals surface area contributed by atoms with Crippen molar-refractivity contribution in [1.82, 2.24) is 0 Å². The van der Waals surface area contributed by atoms with Gasteiger partial charge in [-0.15, -0.1) is 0 Å². The van der Waals surface area contributed by atoms with Crippen molar-refractivity contribution in [3.63, 3.8) is 0 Å². The molecule has 0 bridgehead atoms. The normalized spacial score (nSPS) is 10.2. The number of hydrogen-bond acceptors (Lipinski definition) is 2. The van der Waals surface area contributed by atoms with Crippen molar-refractivity contribution in [3.05, 3.63) is 41.4 Å². The molecule has 0 aliphatic heterocycles. The lowest BCUT2D eigenvalue weighted by Gasteiger charge is -2.15. The average molecular weight is 220 g/mol. The Morgan fingerprint density at radius 2 is 1.69 bits per heavy atom. The highest BCUT2D eigenvalue weighted by Gasteiger charge is 2.51. The molecule has 0 aromatic heterocycles. The fraction of sp³-hybridized carbons (Fsp3) is 0.100. The Morgan fingerprint density at radius 1 is 1.19 bits per heavy atom. The molecule has 82 valence electrons. The molecule has 2 N–H and O–H groups in total. The number of carbonyl (C=O) groups is 2. The number of carboxylic acids is 2. The summed E-state index contributed by atoms with van der Waals surface area (Å²) in [6.45, 7) is 0. The van der Waals surface area contributed by atoms with Crippen LogP contribution in [0, 0.1) is 0 Å². The molecule has 1 aromatic carbocycles. The molecule has 0 aliphatic carbocycles. The predicted molar refractivity (Wildman–Crippen MR) is 53.1 cm³/mol. The van der Waals surface area contributed by atoms with Crippen LogP contribution in [0.25, 0.3) is 5.53 Å². The van der Waals surface area contributed by atoms with E-state index in [1.54, 1.807) is 6.07 Å². The van der Waals surface area contributed by atoms with E-state index in [0.717, 1.165) is 0 Å². The van der Waals surface area contributed by atoms with Crippen LogP contribution in [0.3, 0.4) is 0 Å². The molecule has 1 aromatic rings. The minimum atomic E-state index is -2.37. The van der Waals surface area contributed by atoms with Crippen LogP contribution in [0.15, 0.2) is 30.3 Å². The van der Waals surface area contributed by atoms with Crippen LogP contribution in [0.1, 0.15) is 5.56 Å². The van der Waals surface area contributed by atoms with E-state index in [9.17, 15) is 9.59 Å². The number of nitrogens with zero attached hydrogens (tertiary/aromatic N) is 2. The van der Waals surface area contributed by atoms with E-state index in [-0.39, 0.29) is 5.56 Å². The van der Waals surface area contributed by atoms with Gasteiger partial charge >= 0.3 is 11.9 Å². The van der Waals surface area contributed by atoms with E-state index in [4.69, 9.17) is 15.7 Å². The standard InChI is InChI=1S/C10H8N2O4/c11-12-6-10(8(13)14,9(15)16)7-4-2-1-3-5-7/h1-6H,(H,13,14)(H,15,16). The summed E-state index contributed by atoms with van der Waals surface area (Å²) >= 11 is 0.